The molecule has 112 valence electrons. The highest BCUT2D eigenvalue weighted by atomic mass is 32.2. The maximum Gasteiger partial charge on any atom is 0.252 e. The van der Waals surface area contributed by atoms with Crippen LogP contribution in [0.1, 0.15) is 28.8 Å². The van der Waals surface area contributed by atoms with Gasteiger partial charge in [0.2, 0.25) is 0 Å². The third-order valence-corrected chi connectivity index (χ3v) is 4.47. The van der Waals surface area contributed by atoms with Gasteiger partial charge in [0.15, 0.2) is 0 Å². The lowest BCUT2D eigenvalue weighted by atomic mass is 10.0. The van der Waals surface area contributed by atoms with Gasteiger partial charge in [-0.3, -0.25) is 4.79 Å². The molecule has 0 unspecified atom stereocenters. The summed E-state index contributed by atoms with van der Waals surface area (Å²) in [4.78, 5) is 12.2. The fourth-order valence-corrected chi connectivity index (χ4v) is 3.44. The van der Waals surface area contributed by atoms with E-state index in [2.05, 4.69) is 17.2 Å². The second kappa shape index (κ2) is 8.06. The fraction of sp³-hybridized carbons (Fsp3) is 0.438. The SMILES string of the molecule is O=C(NCC1CCSCC1)c1ccc(F)cc1C#CCO. The standard InChI is InChI=1S/C16H18FNO2S/c17-14-3-4-15(13(10-14)2-1-7-19)16(20)18-11-12-5-8-21-9-6-12/h3-4,10,12,19H,5-9,11H2,(H,18,20). The van der Waals surface area contributed by atoms with Crippen molar-refractivity contribution in [3.8, 4) is 11.8 Å². The van der Waals surface area contributed by atoms with Crippen LogP contribution in [0.15, 0.2) is 18.2 Å². The molecule has 0 saturated carbocycles. The average Bonchev–Trinajstić information content (AvgIpc) is 2.51. The van der Waals surface area contributed by atoms with Crippen molar-refractivity contribution < 1.29 is 14.3 Å². The summed E-state index contributed by atoms with van der Waals surface area (Å²) in [5, 5.41) is 11.6. The van der Waals surface area contributed by atoms with Crippen molar-refractivity contribution in [3.63, 3.8) is 0 Å². The summed E-state index contributed by atoms with van der Waals surface area (Å²) in [5.74, 6) is 7.18. The van der Waals surface area contributed by atoms with E-state index in [9.17, 15) is 9.18 Å². The first kappa shape index (κ1) is 15.9. The minimum Gasteiger partial charge on any atom is -0.384 e. The number of carbonyl (C=O) groups is 1. The molecule has 1 aliphatic heterocycles. The molecule has 1 heterocycles. The van der Waals surface area contributed by atoms with Crippen LogP contribution in [-0.2, 0) is 0 Å². The van der Waals surface area contributed by atoms with Gasteiger partial charge in [0, 0.05) is 12.1 Å². The molecule has 1 aliphatic rings. The summed E-state index contributed by atoms with van der Waals surface area (Å²) in [7, 11) is 0. The summed E-state index contributed by atoms with van der Waals surface area (Å²) >= 11 is 1.95. The molecule has 0 aromatic heterocycles. The summed E-state index contributed by atoms with van der Waals surface area (Å²) < 4.78 is 13.3. The Balaban J connectivity index is 2.03. The summed E-state index contributed by atoms with van der Waals surface area (Å²) in [5.41, 5.74) is 0.656. The highest BCUT2D eigenvalue weighted by Gasteiger charge is 2.16. The van der Waals surface area contributed by atoms with Gasteiger partial charge in [-0.15, -0.1) is 0 Å². The van der Waals surface area contributed by atoms with E-state index in [1.54, 1.807) is 0 Å². The topological polar surface area (TPSA) is 49.3 Å². The van der Waals surface area contributed by atoms with Crippen LogP contribution < -0.4 is 5.32 Å². The Labute approximate surface area is 128 Å². The van der Waals surface area contributed by atoms with E-state index >= 15 is 0 Å². The number of amides is 1. The zero-order valence-electron chi connectivity index (χ0n) is 11.7. The Morgan fingerprint density at radius 3 is 2.90 bits per heavy atom. The first-order valence-corrected chi connectivity index (χ1v) is 8.11. The lowest BCUT2D eigenvalue weighted by Gasteiger charge is -2.21. The molecule has 2 rings (SSSR count). The minimum absolute atomic E-state index is 0.240. The molecule has 1 saturated heterocycles. The highest BCUT2D eigenvalue weighted by Crippen LogP contribution is 2.22. The van der Waals surface area contributed by atoms with Crippen LogP contribution in [0.2, 0.25) is 0 Å². The van der Waals surface area contributed by atoms with Crippen molar-refractivity contribution in [3.05, 3.63) is 35.1 Å². The van der Waals surface area contributed by atoms with Crippen LogP contribution in [0.25, 0.3) is 0 Å². The number of aliphatic hydroxyl groups excluding tert-OH is 1. The summed E-state index contributed by atoms with van der Waals surface area (Å²) in [6.07, 6.45) is 2.23. The van der Waals surface area contributed by atoms with Crippen molar-refractivity contribution in [1.29, 1.82) is 0 Å². The number of hydrogen-bond acceptors (Lipinski definition) is 3. The highest BCUT2D eigenvalue weighted by molar-refractivity contribution is 7.99. The van der Waals surface area contributed by atoms with E-state index in [4.69, 9.17) is 5.11 Å². The van der Waals surface area contributed by atoms with Gasteiger partial charge in [0.05, 0.1) is 5.56 Å². The Hall–Kier alpha value is -1.51. The molecule has 21 heavy (non-hydrogen) atoms. The maximum atomic E-state index is 13.3. The van der Waals surface area contributed by atoms with E-state index in [1.165, 1.54) is 18.2 Å². The summed E-state index contributed by atoms with van der Waals surface area (Å²) in [6, 6.07) is 3.90. The van der Waals surface area contributed by atoms with Crippen molar-refractivity contribution in [2.75, 3.05) is 24.7 Å². The predicted molar refractivity (Wildman–Crippen MR) is 82.7 cm³/mol. The maximum absolute atomic E-state index is 13.3. The van der Waals surface area contributed by atoms with Gasteiger partial charge in [-0.2, -0.15) is 11.8 Å². The number of halogens is 1. The average molecular weight is 307 g/mol. The van der Waals surface area contributed by atoms with Gasteiger partial charge in [0.1, 0.15) is 12.4 Å². The molecule has 0 aliphatic carbocycles. The smallest absolute Gasteiger partial charge is 0.252 e. The van der Waals surface area contributed by atoms with E-state index in [1.807, 2.05) is 11.8 Å². The van der Waals surface area contributed by atoms with E-state index in [0.29, 0.717) is 23.6 Å². The molecule has 1 fully saturated rings. The first-order chi connectivity index (χ1) is 10.2. The van der Waals surface area contributed by atoms with Crippen molar-refractivity contribution in [2.45, 2.75) is 12.8 Å². The van der Waals surface area contributed by atoms with Gasteiger partial charge in [0.25, 0.3) is 5.91 Å². The van der Waals surface area contributed by atoms with Crippen LogP contribution in [0.5, 0.6) is 0 Å². The molecule has 0 radical (unpaired) electrons. The number of benzene rings is 1. The van der Waals surface area contributed by atoms with Crippen LogP contribution in [0, 0.1) is 23.6 Å². The number of hydrogen-bond donors (Lipinski definition) is 2. The minimum atomic E-state index is -0.446. The normalized spacial score (nSPS) is 15.1. The molecule has 0 bridgehead atoms. The van der Waals surface area contributed by atoms with Gasteiger partial charge >= 0.3 is 0 Å². The monoisotopic (exact) mass is 307 g/mol. The number of aliphatic hydroxyl groups is 1. The first-order valence-electron chi connectivity index (χ1n) is 6.96. The second-order valence-electron chi connectivity index (χ2n) is 4.92. The number of nitrogens with one attached hydrogen (secondary N) is 1. The molecule has 3 nitrogen and oxygen atoms in total. The van der Waals surface area contributed by atoms with Gasteiger partial charge in [-0.1, -0.05) is 11.8 Å². The molecule has 1 aromatic rings. The molecule has 0 spiro atoms. The lowest BCUT2D eigenvalue weighted by Crippen LogP contribution is -2.31. The van der Waals surface area contributed by atoms with Crippen LogP contribution in [0.3, 0.4) is 0 Å². The van der Waals surface area contributed by atoms with E-state index in [0.717, 1.165) is 24.3 Å². The van der Waals surface area contributed by atoms with Gasteiger partial charge in [-0.05, 0) is 48.5 Å². The second-order valence-corrected chi connectivity index (χ2v) is 6.14. The molecule has 5 heteroatoms. The molecule has 0 atom stereocenters. The van der Waals surface area contributed by atoms with Crippen molar-refractivity contribution >= 4 is 17.7 Å². The Kier molecular flexibility index (Phi) is 6.09. The Bertz CT molecular complexity index is 559. The largest absolute Gasteiger partial charge is 0.384 e. The van der Waals surface area contributed by atoms with Crippen LogP contribution in [0.4, 0.5) is 4.39 Å². The van der Waals surface area contributed by atoms with Crippen LogP contribution >= 0.6 is 11.8 Å². The Morgan fingerprint density at radius 1 is 1.43 bits per heavy atom. The van der Waals surface area contributed by atoms with Crippen LogP contribution in [-0.4, -0.2) is 35.7 Å². The Morgan fingerprint density at radius 2 is 2.19 bits per heavy atom. The third kappa shape index (κ3) is 4.76. The third-order valence-electron chi connectivity index (χ3n) is 3.42. The zero-order chi connectivity index (χ0) is 15.1. The zero-order valence-corrected chi connectivity index (χ0v) is 12.5. The molecule has 1 amide bonds. The number of rotatable bonds is 3. The van der Waals surface area contributed by atoms with E-state index in [-0.39, 0.29) is 12.5 Å². The van der Waals surface area contributed by atoms with Crippen molar-refractivity contribution in [1.82, 2.24) is 5.32 Å². The van der Waals surface area contributed by atoms with Gasteiger partial charge < -0.3 is 10.4 Å². The van der Waals surface area contributed by atoms with E-state index < -0.39 is 5.82 Å². The number of thioether (sulfide) groups is 1. The lowest BCUT2D eigenvalue weighted by molar-refractivity contribution is 0.0946. The molecular weight excluding hydrogens is 289 g/mol. The van der Waals surface area contributed by atoms with Crippen molar-refractivity contribution in [2.24, 2.45) is 5.92 Å². The molecule has 2 N–H and O–H groups in total. The quantitative estimate of drug-likeness (QED) is 0.840. The molecular formula is C16H18FNO2S. The number of carbonyl (C=O) groups excluding carboxylic acids is 1. The fourth-order valence-electron chi connectivity index (χ4n) is 2.24. The summed E-state index contributed by atoms with van der Waals surface area (Å²) in [6.45, 7) is 0.320. The molecule has 1 aromatic carbocycles. The van der Waals surface area contributed by atoms with Gasteiger partial charge in [-0.25, -0.2) is 4.39 Å². The predicted octanol–water partition coefficient (Wildman–Crippen LogP) is 2.04.